The molecular formula is C18H22N2O2S. The maximum absolute atomic E-state index is 12.2. The first kappa shape index (κ1) is 16.0. The molecule has 1 aromatic carbocycles. The van der Waals surface area contributed by atoms with Gasteiger partial charge in [-0.05, 0) is 11.6 Å². The molecule has 23 heavy (non-hydrogen) atoms. The number of para-hydroxylation sites is 1. The molecule has 1 aliphatic rings. The van der Waals surface area contributed by atoms with E-state index in [1.54, 1.807) is 11.3 Å². The number of thiazole rings is 1. The molecule has 2 heterocycles. The maximum Gasteiger partial charge on any atom is 0.261 e. The number of amides is 1. The van der Waals surface area contributed by atoms with E-state index in [0.717, 1.165) is 28.4 Å². The van der Waals surface area contributed by atoms with Crippen LogP contribution < -0.4 is 10.1 Å². The Kier molecular flexibility index (Phi) is 4.39. The Morgan fingerprint density at radius 2 is 2.17 bits per heavy atom. The molecule has 1 atom stereocenters. The number of fused-ring (bicyclic) bond motifs is 1. The Morgan fingerprint density at radius 3 is 2.87 bits per heavy atom. The number of benzene rings is 1. The summed E-state index contributed by atoms with van der Waals surface area (Å²) in [5.74, 6) is 0.774. The third-order valence-corrected chi connectivity index (χ3v) is 4.81. The van der Waals surface area contributed by atoms with E-state index >= 15 is 0 Å². The summed E-state index contributed by atoms with van der Waals surface area (Å²) in [4.78, 5) is 16.9. The molecule has 0 fully saturated rings. The molecule has 4 nitrogen and oxygen atoms in total. The summed E-state index contributed by atoms with van der Waals surface area (Å²) >= 11 is 1.66. The van der Waals surface area contributed by atoms with Gasteiger partial charge in [-0.25, -0.2) is 4.98 Å². The fourth-order valence-corrected chi connectivity index (χ4v) is 3.53. The van der Waals surface area contributed by atoms with Crippen LogP contribution >= 0.6 is 11.3 Å². The van der Waals surface area contributed by atoms with Gasteiger partial charge in [-0.1, -0.05) is 39.0 Å². The van der Waals surface area contributed by atoms with Crippen LogP contribution in [0, 0.1) is 0 Å². The zero-order valence-corrected chi connectivity index (χ0v) is 14.6. The lowest BCUT2D eigenvalue weighted by Crippen LogP contribution is -2.38. The summed E-state index contributed by atoms with van der Waals surface area (Å²) in [7, 11) is 0. The van der Waals surface area contributed by atoms with E-state index in [0.29, 0.717) is 13.0 Å². The van der Waals surface area contributed by atoms with Crippen molar-refractivity contribution in [1.29, 1.82) is 0 Å². The second-order valence-electron chi connectivity index (χ2n) is 6.84. The predicted molar refractivity (Wildman–Crippen MR) is 92.1 cm³/mol. The molecule has 0 spiro atoms. The minimum Gasteiger partial charge on any atom is -0.480 e. The number of nitrogens with one attached hydrogen (secondary N) is 1. The van der Waals surface area contributed by atoms with Gasteiger partial charge in [-0.3, -0.25) is 4.79 Å². The lowest BCUT2D eigenvalue weighted by Gasteiger charge is -2.14. The zero-order chi connectivity index (χ0) is 16.4. The van der Waals surface area contributed by atoms with Crippen molar-refractivity contribution >= 4 is 17.2 Å². The Labute approximate surface area is 140 Å². The van der Waals surface area contributed by atoms with Crippen LogP contribution in [-0.4, -0.2) is 23.5 Å². The summed E-state index contributed by atoms with van der Waals surface area (Å²) in [6, 6.07) is 7.81. The molecule has 0 radical (unpaired) electrons. The van der Waals surface area contributed by atoms with E-state index < -0.39 is 6.10 Å². The van der Waals surface area contributed by atoms with Crippen LogP contribution in [0.15, 0.2) is 29.6 Å². The molecule has 3 rings (SSSR count). The number of nitrogens with zero attached hydrogens (tertiary/aromatic N) is 1. The lowest BCUT2D eigenvalue weighted by atomic mass is 9.93. The van der Waals surface area contributed by atoms with Crippen molar-refractivity contribution in [3.05, 3.63) is 45.9 Å². The van der Waals surface area contributed by atoms with Gasteiger partial charge in [0.15, 0.2) is 6.10 Å². The molecule has 1 aromatic heterocycles. The second-order valence-corrected chi connectivity index (χ2v) is 7.78. The fraction of sp³-hybridized carbons (Fsp3) is 0.444. The highest BCUT2D eigenvalue weighted by Crippen LogP contribution is 2.28. The van der Waals surface area contributed by atoms with Crippen LogP contribution in [0.4, 0.5) is 0 Å². The van der Waals surface area contributed by atoms with Gasteiger partial charge in [0.05, 0.1) is 10.7 Å². The molecule has 1 aliphatic heterocycles. The SMILES string of the molecule is CC(C)(C)c1csc(CCNC(=O)[C@@H]2Cc3ccccc3O2)n1. The van der Waals surface area contributed by atoms with Crippen LogP contribution in [0.2, 0.25) is 0 Å². The van der Waals surface area contributed by atoms with Crippen molar-refractivity contribution in [2.24, 2.45) is 0 Å². The fourth-order valence-electron chi connectivity index (χ4n) is 2.50. The molecule has 5 heteroatoms. The summed E-state index contributed by atoms with van der Waals surface area (Å²) in [5.41, 5.74) is 2.28. The molecule has 0 bridgehead atoms. The number of aromatic nitrogens is 1. The largest absolute Gasteiger partial charge is 0.480 e. The van der Waals surface area contributed by atoms with Crippen molar-refractivity contribution < 1.29 is 9.53 Å². The van der Waals surface area contributed by atoms with E-state index in [-0.39, 0.29) is 11.3 Å². The highest BCUT2D eigenvalue weighted by atomic mass is 32.1. The molecule has 0 aliphatic carbocycles. The Balaban J connectivity index is 1.48. The molecule has 0 saturated carbocycles. The summed E-state index contributed by atoms with van der Waals surface area (Å²) in [6.07, 6.45) is 0.994. The van der Waals surface area contributed by atoms with Crippen molar-refractivity contribution in [2.45, 2.75) is 45.1 Å². The van der Waals surface area contributed by atoms with Gasteiger partial charge < -0.3 is 10.1 Å². The average Bonchev–Trinajstić information content (AvgIpc) is 3.13. The first-order valence-electron chi connectivity index (χ1n) is 7.90. The van der Waals surface area contributed by atoms with E-state index in [2.05, 4.69) is 36.5 Å². The number of hydrogen-bond acceptors (Lipinski definition) is 4. The van der Waals surface area contributed by atoms with E-state index in [1.807, 2.05) is 24.3 Å². The average molecular weight is 330 g/mol. The quantitative estimate of drug-likeness (QED) is 0.937. The van der Waals surface area contributed by atoms with Crippen LogP contribution in [0.5, 0.6) is 5.75 Å². The maximum atomic E-state index is 12.2. The highest BCUT2D eigenvalue weighted by molar-refractivity contribution is 7.09. The van der Waals surface area contributed by atoms with Gasteiger partial charge in [0, 0.05) is 30.2 Å². The number of ether oxygens (including phenoxy) is 1. The molecule has 122 valence electrons. The Morgan fingerprint density at radius 1 is 1.39 bits per heavy atom. The van der Waals surface area contributed by atoms with Crippen LogP contribution in [0.3, 0.4) is 0 Å². The summed E-state index contributed by atoms with van der Waals surface area (Å²) < 4.78 is 5.70. The first-order valence-corrected chi connectivity index (χ1v) is 8.78. The standard InChI is InChI=1S/C18H22N2O2S/c1-18(2,3)15-11-23-16(20-15)8-9-19-17(21)14-10-12-6-4-5-7-13(12)22-14/h4-7,11,14H,8-10H2,1-3H3,(H,19,21)/t14-/m0/s1. The number of rotatable bonds is 4. The molecule has 1 amide bonds. The monoisotopic (exact) mass is 330 g/mol. The Hall–Kier alpha value is -1.88. The Bertz CT molecular complexity index is 678. The molecular weight excluding hydrogens is 308 g/mol. The highest BCUT2D eigenvalue weighted by Gasteiger charge is 2.28. The number of carbonyl (C=O) groups excluding carboxylic acids is 1. The van der Waals surface area contributed by atoms with Gasteiger partial charge in [-0.2, -0.15) is 0 Å². The minimum atomic E-state index is -0.408. The van der Waals surface area contributed by atoms with E-state index in [9.17, 15) is 4.79 Å². The van der Waals surface area contributed by atoms with E-state index in [4.69, 9.17) is 4.74 Å². The van der Waals surface area contributed by atoms with Crippen LogP contribution in [0.25, 0.3) is 0 Å². The van der Waals surface area contributed by atoms with E-state index in [1.165, 1.54) is 0 Å². The first-order chi connectivity index (χ1) is 10.9. The molecule has 0 unspecified atom stereocenters. The summed E-state index contributed by atoms with van der Waals surface area (Å²) in [5, 5.41) is 6.12. The second kappa shape index (κ2) is 6.32. The molecule has 2 aromatic rings. The smallest absolute Gasteiger partial charge is 0.261 e. The third-order valence-electron chi connectivity index (χ3n) is 3.90. The minimum absolute atomic E-state index is 0.0474. The number of carbonyl (C=O) groups is 1. The van der Waals surface area contributed by atoms with Gasteiger partial charge in [0.2, 0.25) is 0 Å². The van der Waals surface area contributed by atoms with Gasteiger partial charge in [0.1, 0.15) is 5.75 Å². The topological polar surface area (TPSA) is 51.2 Å². The van der Waals surface area contributed by atoms with Gasteiger partial charge >= 0.3 is 0 Å². The van der Waals surface area contributed by atoms with Gasteiger partial charge in [0.25, 0.3) is 5.91 Å². The van der Waals surface area contributed by atoms with Gasteiger partial charge in [-0.15, -0.1) is 11.3 Å². The molecule has 0 saturated heterocycles. The van der Waals surface area contributed by atoms with Crippen LogP contribution in [0.1, 0.15) is 37.0 Å². The normalized spacial score (nSPS) is 16.7. The van der Waals surface area contributed by atoms with Crippen molar-refractivity contribution in [1.82, 2.24) is 10.3 Å². The number of hydrogen-bond donors (Lipinski definition) is 1. The van der Waals surface area contributed by atoms with Crippen LogP contribution in [-0.2, 0) is 23.1 Å². The predicted octanol–water partition coefficient (Wildman–Crippen LogP) is 3.10. The van der Waals surface area contributed by atoms with Crippen molar-refractivity contribution in [3.8, 4) is 5.75 Å². The van der Waals surface area contributed by atoms with Crippen molar-refractivity contribution in [3.63, 3.8) is 0 Å². The summed E-state index contributed by atoms with van der Waals surface area (Å²) in [6.45, 7) is 7.06. The van der Waals surface area contributed by atoms with Crippen molar-refractivity contribution in [2.75, 3.05) is 6.54 Å². The third kappa shape index (κ3) is 3.72. The lowest BCUT2D eigenvalue weighted by molar-refractivity contribution is -0.127. The zero-order valence-electron chi connectivity index (χ0n) is 13.8. The molecule has 1 N–H and O–H groups in total.